The van der Waals surface area contributed by atoms with E-state index in [1.54, 1.807) is 32.2 Å². The van der Waals surface area contributed by atoms with Gasteiger partial charge in [-0.25, -0.2) is 8.42 Å². The van der Waals surface area contributed by atoms with Crippen molar-refractivity contribution in [1.82, 2.24) is 0 Å². The van der Waals surface area contributed by atoms with Crippen LogP contribution < -0.4 is 13.8 Å². The lowest BCUT2D eigenvalue weighted by atomic mass is 10.2. The number of methoxy groups -OCH3 is 1. The van der Waals surface area contributed by atoms with Crippen molar-refractivity contribution in [2.75, 3.05) is 24.2 Å². The van der Waals surface area contributed by atoms with Crippen LogP contribution in [-0.4, -0.2) is 34.4 Å². The van der Waals surface area contributed by atoms with E-state index in [-0.39, 0.29) is 6.10 Å². The number of nitrogens with zero attached hydrogens (tertiary/aromatic N) is 1. The molecule has 0 unspecified atom stereocenters. The monoisotopic (exact) mass is 313 g/mol. The van der Waals surface area contributed by atoms with Crippen LogP contribution in [-0.2, 0) is 10.0 Å². The fourth-order valence-electron chi connectivity index (χ4n) is 2.74. The Bertz CT molecular complexity index is 579. The van der Waals surface area contributed by atoms with E-state index < -0.39 is 10.0 Å². The smallest absolute Gasteiger partial charge is 0.232 e. The Hall–Kier alpha value is -1.43. The second-order valence-electron chi connectivity index (χ2n) is 5.26. The first-order chi connectivity index (χ1) is 9.97. The van der Waals surface area contributed by atoms with Crippen molar-refractivity contribution in [2.45, 2.75) is 38.7 Å². The molecule has 1 aromatic carbocycles. The van der Waals surface area contributed by atoms with Gasteiger partial charge in [-0.05, 0) is 44.7 Å². The van der Waals surface area contributed by atoms with Gasteiger partial charge >= 0.3 is 0 Å². The lowest BCUT2D eigenvalue weighted by Gasteiger charge is -2.26. The summed E-state index contributed by atoms with van der Waals surface area (Å²) < 4.78 is 36.7. The quantitative estimate of drug-likeness (QED) is 0.810. The molecule has 6 heteroatoms. The molecule has 118 valence electrons. The first-order valence-corrected chi connectivity index (χ1v) is 9.13. The van der Waals surface area contributed by atoms with E-state index in [9.17, 15) is 8.42 Å². The van der Waals surface area contributed by atoms with Gasteiger partial charge in [-0.1, -0.05) is 6.07 Å². The Labute approximate surface area is 126 Å². The molecule has 0 N–H and O–H groups in total. The second-order valence-corrected chi connectivity index (χ2v) is 7.17. The molecular weight excluding hydrogens is 290 g/mol. The third kappa shape index (κ3) is 3.61. The van der Waals surface area contributed by atoms with Gasteiger partial charge in [0.25, 0.3) is 0 Å². The molecule has 1 aliphatic rings. The van der Waals surface area contributed by atoms with Gasteiger partial charge in [-0.15, -0.1) is 0 Å². The largest absolute Gasteiger partial charge is 0.493 e. The summed E-state index contributed by atoms with van der Waals surface area (Å²) in [4.78, 5) is 0. The molecule has 1 fully saturated rings. The SMILES string of the molecule is CCN(c1cccc(OC)c1OC1CCCC1)S(C)(=O)=O. The maximum Gasteiger partial charge on any atom is 0.232 e. The number of hydrogen-bond donors (Lipinski definition) is 0. The molecule has 0 radical (unpaired) electrons. The number of anilines is 1. The summed E-state index contributed by atoms with van der Waals surface area (Å²) in [6.07, 6.45) is 5.65. The van der Waals surface area contributed by atoms with Crippen LogP contribution in [0.5, 0.6) is 11.5 Å². The summed E-state index contributed by atoms with van der Waals surface area (Å²) >= 11 is 0. The highest BCUT2D eigenvalue weighted by molar-refractivity contribution is 7.92. The number of sulfonamides is 1. The number of rotatable bonds is 6. The van der Waals surface area contributed by atoms with Gasteiger partial charge in [-0.3, -0.25) is 4.31 Å². The number of para-hydroxylation sites is 1. The first-order valence-electron chi connectivity index (χ1n) is 7.28. The fourth-order valence-corrected chi connectivity index (χ4v) is 3.71. The minimum absolute atomic E-state index is 0.137. The van der Waals surface area contributed by atoms with Gasteiger partial charge in [0.05, 0.1) is 25.2 Å². The molecule has 1 aliphatic carbocycles. The van der Waals surface area contributed by atoms with E-state index in [4.69, 9.17) is 9.47 Å². The van der Waals surface area contributed by atoms with Crippen molar-refractivity contribution < 1.29 is 17.9 Å². The normalized spacial score (nSPS) is 16.0. The van der Waals surface area contributed by atoms with E-state index in [0.29, 0.717) is 23.7 Å². The molecule has 0 heterocycles. The molecule has 5 nitrogen and oxygen atoms in total. The van der Waals surface area contributed by atoms with Crippen LogP contribution in [0.3, 0.4) is 0 Å². The average Bonchev–Trinajstić information content (AvgIpc) is 2.92. The summed E-state index contributed by atoms with van der Waals surface area (Å²) in [6, 6.07) is 5.34. The van der Waals surface area contributed by atoms with Crippen LogP contribution >= 0.6 is 0 Å². The number of ether oxygens (including phenoxy) is 2. The van der Waals surface area contributed by atoms with Gasteiger partial charge in [-0.2, -0.15) is 0 Å². The minimum atomic E-state index is -3.35. The first kappa shape index (κ1) is 15.9. The second kappa shape index (κ2) is 6.56. The summed E-state index contributed by atoms with van der Waals surface area (Å²) in [5.74, 6) is 1.10. The van der Waals surface area contributed by atoms with Gasteiger partial charge in [0.2, 0.25) is 10.0 Å². The zero-order valence-electron chi connectivity index (χ0n) is 12.8. The Morgan fingerprint density at radius 3 is 2.48 bits per heavy atom. The van der Waals surface area contributed by atoms with Crippen LogP contribution in [0.2, 0.25) is 0 Å². The fraction of sp³-hybridized carbons (Fsp3) is 0.600. The Kier molecular flexibility index (Phi) is 4.98. The summed E-state index contributed by atoms with van der Waals surface area (Å²) in [7, 11) is -1.78. The summed E-state index contributed by atoms with van der Waals surface area (Å²) in [6.45, 7) is 2.16. The van der Waals surface area contributed by atoms with Gasteiger partial charge in [0, 0.05) is 6.54 Å². The zero-order chi connectivity index (χ0) is 15.5. The molecule has 1 saturated carbocycles. The highest BCUT2D eigenvalue weighted by atomic mass is 32.2. The van der Waals surface area contributed by atoms with Crippen LogP contribution in [0.15, 0.2) is 18.2 Å². The molecule has 0 spiro atoms. The lowest BCUT2D eigenvalue weighted by Crippen LogP contribution is -2.30. The average molecular weight is 313 g/mol. The molecule has 0 aromatic heterocycles. The lowest BCUT2D eigenvalue weighted by molar-refractivity contribution is 0.201. The van der Waals surface area contributed by atoms with E-state index in [1.807, 2.05) is 0 Å². The van der Waals surface area contributed by atoms with Crippen molar-refractivity contribution in [3.8, 4) is 11.5 Å². The summed E-state index contributed by atoms with van der Waals surface area (Å²) in [5.41, 5.74) is 0.547. The van der Waals surface area contributed by atoms with Crippen LogP contribution in [0.25, 0.3) is 0 Å². The maximum atomic E-state index is 12.0. The zero-order valence-corrected chi connectivity index (χ0v) is 13.6. The Morgan fingerprint density at radius 1 is 1.29 bits per heavy atom. The van der Waals surface area contributed by atoms with Gasteiger partial charge in [0.15, 0.2) is 11.5 Å². The summed E-state index contributed by atoms with van der Waals surface area (Å²) in [5, 5.41) is 0. The highest BCUT2D eigenvalue weighted by Gasteiger charge is 2.25. The molecule has 0 atom stereocenters. The number of hydrogen-bond acceptors (Lipinski definition) is 4. The molecule has 21 heavy (non-hydrogen) atoms. The third-order valence-electron chi connectivity index (χ3n) is 3.72. The van der Waals surface area contributed by atoms with Gasteiger partial charge in [0.1, 0.15) is 0 Å². The Balaban J connectivity index is 2.43. The van der Waals surface area contributed by atoms with Crippen LogP contribution in [0.1, 0.15) is 32.6 Å². The topological polar surface area (TPSA) is 55.8 Å². The van der Waals surface area contributed by atoms with E-state index >= 15 is 0 Å². The molecule has 0 bridgehead atoms. The maximum absolute atomic E-state index is 12.0. The van der Waals surface area contributed by atoms with Gasteiger partial charge < -0.3 is 9.47 Å². The van der Waals surface area contributed by atoms with E-state index in [0.717, 1.165) is 25.7 Å². The van der Waals surface area contributed by atoms with Crippen molar-refractivity contribution >= 4 is 15.7 Å². The van der Waals surface area contributed by atoms with Crippen molar-refractivity contribution in [1.29, 1.82) is 0 Å². The molecule has 1 aromatic rings. The number of benzene rings is 1. The molecule has 0 amide bonds. The third-order valence-corrected chi connectivity index (χ3v) is 4.98. The van der Waals surface area contributed by atoms with E-state index in [1.165, 1.54) is 10.6 Å². The van der Waals surface area contributed by atoms with E-state index in [2.05, 4.69) is 0 Å². The molecular formula is C15H23NO4S. The van der Waals surface area contributed by atoms with Crippen molar-refractivity contribution in [3.63, 3.8) is 0 Å². The Morgan fingerprint density at radius 2 is 1.95 bits per heavy atom. The molecule has 2 rings (SSSR count). The van der Waals surface area contributed by atoms with Crippen LogP contribution in [0, 0.1) is 0 Å². The predicted octanol–water partition coefficient (Wildman–Crippen LogP) is 2.80. The predicted molar refractivity (Wildman–Crippen MR) is 83.7 cm³/mol. The van der Waals surface area contributed by atoms with Crippen molar-refractivity contribution in [2.24, 2.45) is 0 Å². The van der Waals surface area contributed by atoms with Crippen LogP contribution in [0.4, 0.5) is 5.69 Å². The standard InChI is InChI=1S/C15H23NO4S/c1-4-16(21(3,17)18)13-10-7-11-14(19-2)15(13)20-12-8-5-6-9-12/h7,10-12H,4-6,8-9H2,1-3H3. The van der Waals surface area contributed by atoms with Crippen molar-refractivity contribution in [3.05, 3.63) is 18.2 Å². The molecule has 0 saturated heterocycles. The minimum Gasteiger partial charge on any atom is -0.493 e. The highest BCUT2D eigenvalue weighted by Crippen LogP contribution is 2.40. The molecule has 0 aliphatic heterocycles.